The minimum Gasteiger partial charge on any atom is -1.00 e. The topological polar surface area (TPSA) is 0 Å². The quantitative estimate of drug-likeness (QED) is 0.238. The molecule has 0 heterocycles. The summed E-state index contributed by atoms with van der Waals surface area (Å²) in [6, 6.07) is 0. The van der Waals surface area contributed by atoms with Crippen molar-refractivity contribution in [1.29, 1.82) is 0 Å². The molecule has 0 aromatic carbocycles. The zero-order valence-electron chi connectivity index (χ0n) is 17.2. The normalized spacial score (nSPS) is 21.9. The minimum atomic E-state index is 0. The molecular weight excluding hydrogens is 588 g/mol. The summed E-state index contributed by atoms with van der Waals surface area (Å²) >= 11 is 0. The van der Waals surface area contributed by atoms with E-state index in [4.69, 9.17) is 0 Å². The maximum absolute atomic E-state index is 2.20. The third kappa shape index (κ3) is 9.48. The molecule has 6 heteroatoms. The number of hydrogen-bond donors (Lipinski definition) is 0. The average Bonchev–Trinajstić information content (AvgIpc) is 2.71. The van der Waals surface area contributed by atoms with Gasteiger partial charge in [-0.2, -0.15) is 0 Å². The Balaban J connectivity index is -0.0000000625. The maximum Gasteiger partial charge on any atom is 0 e. The van der Waals surface area contributed by atoms with Crippen LogP contribution in [0.15, 0.2) is 0 Å². The van der Waals surface area contributed by atoms with Gasteiger partial charge in [0.1, 0.15) is 0 Å². The molecule has 0 nitrogen and oxygen atoms in total. The van der Waals surface area contributed by atoms with Gasteiger partial charge in [0.25, 0.3) is 0 Å². The van der Waals surface area contributed by atoms with Crippen LogP contribution in [0, 0.1) is 59.2 Å². The van der Waals surface area contributed by atoms with Crippen molar-refractivity contribution < 1.29 is 88.6 Å². The standard InChI is InChI=1S/2C10H15.4ClH.2Rh/c2*1-6-7(2)9(4)10(5)8(6)3;;;;;;/h2*1-5H3;4*1H;;/p-4. The van der Waals surface area contributed by atoms with Gasteiger partial charge in [-0.25, -0.2) is 0 Å². The number of rotatable bonds is 0. The van der Waals surface area contributed by atoms with Crippen molar-refractivity contribution in [2.24, 2.45) is 0 Å². The third-order valence-corrected chi connectivity index (χ3v) is 5.62. The van der Waals surface area contributed by atoms with Crippen molar-refractivity contribution in [3.8, 4) is 0 Å². The Morgan fingerprint density at radius 1 is 0.231 bits per heavy atom. The van der Waals surface area contributed by atoms with E-state index in [-0.39, 0.29) is 88.6 Å². The van der Waals surface area contributed by atoms with Crippen molar-refractivity contribution >= 4 is 0 Å². The summed E-state index contributed by atoms with van der Waals surface area (Å²) in [5.41, 5.74) is 0. The van der Waals surface area contributed by atoms with E-state index in [0.29, 0.717) is 0 Å². The van der Waals surface area contributed by atoms with E-state index in [1.54, 1.807) is 0 Å². The molecule has 0 aliphatic heterocycles. The van der Waals surface area contributed by atoms with Crippen LogP contribution in [-0.4, -0.2) is 0 Å². The van der Waals surface area contributed by atoms with Crippen molar-refractivity contribution in [3.63, 3.8) is 0 Å². The number of hydrogen-bond acceptors (Lipinski definition) is 0. The molecule has 0 saturated heterocycles. The summed E-state index contributed by atoms with van der Waals surface area (Å²) in [7, 11) is 0. The number of halogens is 4. The van der Waals surface area contributed by atoms with Gasteiger partial charge < -0.3 is 49.6 Å². The summed E-state index contributed by atoms with van der Waals surface area (Å²) in [4.78, 5) is 0. The average molecular weight is 618 g/mol. The van der Waals surface area contributed by atoms with Crippen LogP contribution in [0.25, 0.3) is 0 Å². The van der Waals surface area contributed by atoms with Crippen LogP contribution in [0.4, 0.5) is 0 Å². The van der Waals surface area contributed by atoms with Gasteiger partial charge >= 0.3 is 0 Å². The first-order valence-electron chi connectivity index (χ1n) is 7.50. The first-order chi connectivity index (χ1) is 9.11. The van der Waals surface area contributed by atoms with E-state index >= 15 is 0 Å². The van der Waals surface area contributed by atoms with Gasteiger partial charge in [0.2, 0.25) is 0 Å². The van der Waals surface area contributed by atoms with Crippen LogP contribution in [0.5, 0.6) is 0 Å². The molecular formula is C20H30Cl4Rh2-4. The smallest absolute Gasteiger partial charge is 0 e. The molecule has 2 saturated carbocycles. The van der Waals surface area contributed by atoms with Crippen LogP contribution >= 0.6 is 0 Å². The fraction of sp³-hybridized carbons (Fsp3) is 0.500. The molecule has 0 atom stereocenters. The van der Waals surface area contributed by atoms with Gasteiger partial charge in [-0.15, -0.1) is 0 Å². The summed E-state index contributed by atoms with van der Waals surface area (Å²) in [6.07, 6.45) is 0. The van der Waals surface area contributed by atoms with Gasteiger partial charge in [0.15, 0.2) is 0 Å². The Kier molecular flexibility index (Phi) is 29.7. The van der Waals surface area contributed by atoms with Crippen LogP contribution in [-0.2, 0) is 39.0 Å². The first-order valence-corrected chi connectivity index (χ1v) is 7.50. The Morgan fingerprint density at radius 2 is 0.269 bits per heavy atom. The molecule has 160 valence electrons. The van der Waals surface area contributed by atoms with Crippen molar-refractivity contribution in [1.82, 2.24) is 0 Å². The van der Waals surface area contributed by atoms with Gasteiger partial charge in [0.05, 0.1) is 0 Å². The van der Waals surface area contributed by atoms with E-state index < -0.39 is 0 Å². The minimum absolute atomic E-state index is 0. The molecule has 12 radical (unpaired) electrons. The van der Waals surface area contributed by atoms with Crippen molar-refractivity contribution in [2.45, 2.75) is 69.2 Å². The first kappa shape index (κ1) is 42.5. The monoisotopic (exact) mass is 616 g/mol. The Hall–Kier alpha value is 2.41. The van der Waals surface area contributed by atoms with E-state index in [1.165, 1.54) is 59.2 Å². The fourth-order valence-electron chi connectivity index (χ4n) is 2.81. The molecule has 0 amide bonds. The summed E-state index contributed by atoms with van der Waals surface area (Å²) in [6.45, 7) is 22.0. The molecule has 0 aromatic rings. The molecule has 0 aromatic heterocycles. The maximum atomic E-state index is 2.20. The Labute approximate surface area is 215 Å². The molecule has 0 unspecified atom stereocenters. The second kappa shape index (κ2) is 18.2. The predicted octanol–water partition coefficient (Wildman–Crippen LogP) is -6.05. The zero-order chi connectivity index (χ0) is 15.8. The largest absolute Gasteiger partial charge is 1.00 e. The van der Waals surface area contributed by atoms with E-state index in [1.807, 2.05) is 0 Å². The van der Waals surface area contributed by atoms with Gasteiger partial charge in [-0.3, -0.25) is 0 Å². The van der Waals surface area contributed by atoms with Crippen molar-refractivity contribution in [3.05, 3.63) is 59.2 Å². The molecule has 2 rings (SSSR count). The van der Waals surface area contributed by atoms with E-state index in [2.05, 4.69) is 69.2 Å². The van der Waals surface area contributed by atoms with Crippen LogP contribution < -0.4 is 49.6 Å². The molecule has 0 N–H and O–H groups in total. The van der Waals surface area contributed by atoms with E-state index in [0.717, 1.165) is 0 Å². The van der Waals surface area contributed by atoms with Gasteiger partial charge in [0, 0.05) is 39.0 Å². The molecule has 0 spiro atoms. The Bertz CT molecular complexity index is 201. The summed E-state index contributed by atoms with van der Waals surface area (Å²) in [5.74, 6) is 14.7. The van der Waals surface area contributed by atoms with Gasteiger partial charge in [-0.05, 0) is 59.2 Å². The molecule has 2 aliphatic rings. The van der Waals surface area contributed by atoms with E-state index in [9.17, 15) is 0 Å². The van der Waals surface area contributed by atoms with Crippen LogP contribution in [0.1, 0.15) is 69.2 Å². The molecule has 2 fully saturated rings. The fourth-order valence-corrected chi connectivity index (χ4v) is 2.81. The van der Waals surface area contributed by atoms with Gasteiger partial charge in [-0.1, -0.05) is 69.2 Å². The molecule has 2 aliphatic carbocycles. The zero-order valence-corrected chi connectivity index (χ0v) is 23.5. The molecule has 0 bridgehead atoms. The second-order valence-electron chi connectivity index (χ2n) is 6.25. The second-order valence-corrected chi connectivity index (χ2v) is 6.25. The Morgan fingerprint density at radius 3 is 0.308 bits per heavy atom. The predicted molar refractivity (Wildman–Crippen MR) is 89.2 cm³/mol. The SMILES string of the molecule is C[C]1[C](C)[C](C)[C](C)[C]1C.C[C]1[C](C)[C](C)[C](C)[C]1C.[Cl-].[Cl-].[Cl-].[Cl-].[Rh].[Rh]. The van der Waals surface area contributed by atoms with Crippen LogP contribution in [0.2, 0.25) is 0 Å². The van der Waals surface area contributed by atoms with Crippen molar-refractivity contribution in [2.75, 3.05) is 0 Å². The summed E-state index contributed by atoms with van der Waals surface area (Å²) in [5, 5.41) is 0. The summed E-state index contributed by atoms with van der Waals surface area (Å²) < 4.78 is 0. The molecule has 26 heavy (non-hydrogen) atoms. The van der Waals surface area contributed by atoms with Crippen LogP contribution in [0.3, 0.4) is 0 Å². The third-order valence-electron chi connectivity index (χ3n) is 5.62.